The Morgan fingerprint density at radius 2 is 2.04 bits per heavy atom. The summed E-state index contributed by atoms with van der Waals surface area (Å²) in [5, 5.41) is 3.23. The van der Waals surface area contributed by atoms with Crippen molar-refractivity contribution in [1.29, 1.82) is 0 Å². The number of hydrogen-bond donors (Lipinski definition) is 1. The minimum Gasteiger partial charge on any atom is -0.444 e. The van der Waals surface area contributed by atoms with E-state index in [0.29, 0.717) is 19.6 Å². The highest BCUT2D eigenvalue weighted by Crippen LogP contribution is 2.17. The Hall–Kier alpha value is -1.14. The zero-order valence-corrected chi connectivity index (χ0v) is 16.0. The van der Waals surface area contributed by atoms with Gasteiger partial charge in [0, 0.05) is 30.1 Å². The molecule has 0 saturated heterocycles. The second-order valence-electron chi connectivity index (χ2n) is 6.68. The summed E-state index contributed by atoms with van der Waals surface area (Å²) in [5.41, 5.74) is 0.336. The number of benzene rings is 1. The molecule has 0 saturated carbocycles. The third-order valence-electron chi connectivity index (χ3n) is 3.10. The molecule has 1 N–H and O–H groups in total. The predicted molar refractivity (Wildman–Crippen MR) is 93.9 cm³/mol. The Morgan fingerprint density at radius 1 is 1.39 bits per heavy atom. The Labute approximate surface area is 146 Å². The molecule has 0 bridgehead atoms. The molecular weight excluding hydrogens is 363 g/mol. The smallest absolute Gasteiger partial charge is 0.410 e. The molecule has 0 atom stereocenters. The van der Waals surface area contributed by atoms with Crippen LogP contribution in [0, 0.1) is 5.82 Å². The summed E-state index contributed by atoms with van der Waals surface area (Å²) in [6.45, 7) is 11.1. The highest BCUT2D eigenvalue weighted by Gasteiger charge is 2.23. The molecule has 6 heteroatoms. The third-order valence-corrected chi connectivity index (χ3v) is 3.88. The van der Waals surface area contributed by atoms with Gasteiger partial charge in [0.1, 0.15) is 11.4 Å². The van der Waals surface area contributed by atoms with Gasteiger partial charge in [-0.15, -0.1) is 0 Å². The fourth-order valence-electron chi connectivity index (χ4n) is 1.98. The van der Waals surface area contributed by atoms with Crippen LogP contribution in [0.2, 0.25) is 0 Å². The molecular formula is C17H26BrFN2O2. The highest BCUT2D eigenvalue weighted by molar-refractivity contribution is 9.10. The molecule has 23 heavy (non-hydrogen) atoms. The molecule has 0 aliphatic heterocycles. The quantitative estimate of drug-likeness (QED) is 0.737. The van der Waals surface area contributed by atoms with Gasteiger partial charge in [-0.05, 0) is 58.4 Å². The second-order valence-corrected chi connectivity index (χ2v) is 7.53. The third kappa shape index (κ3) is 7.31. The Balaban J connectivity index is 2.50. The fourth-order valence-corrected chi connectivity index (χ4v) is 2.37. The van der Waals surface area contributed by atoms with E-state index in [1.165, 1.54) is 12.1 Å². The predicted octanol–water partition coefficient (Wildman–Crippen LogP) is 4.32. The Morgan fingerprint density at radius 3 is 2.61 bits per heavy atom. The van der Waals surface area contributed by atoms with Crippen LogP contribution in [0.1, 0.15) is 40.2 Å². The van der Waals surface area contributed by atoms with E-state index in [4.69, 9.17) is 4.74 Å². The molecule has 0 heterocycles. The summed E-state index contributed by atoms with van der Waals surface area (Å²) in [6, 6.07) is 4.64. The lowest BCUT2D eigenvalue weighted by Gasteiger charge is -2.30. The number of nitrogens with zero attached hydrogens (tertiary/aromatic N) is 1. The summed E-state index contributed by atoms with van der Waals surface area (Å²) in [4.78, 5) is 13.9. The van der Waals surface area contributed by atoms with Crippen LogP contribution in [-0.2, 0) is 11.3 Å². The van der Waals surface area contributed by atoms with Gasteiger partial charge in [0.05, 0.1) is 0 Å². The molecule has 0 spiro atoms. The lowest BCUT2D eigenvalue weighted by Crippen LogP contribution is -2.44. The van der Waals surface area contributed by atoms with E-state index in [0.717, 1.165) is 10.0 Å². The van der Waals surface area contributed by atoms with Crippen LogP contribution in [0.5, 0.6) is 0 Å². The van der Waals surface area contributed by atoms with Crippen molar-refractivity contribution in [3.8, 4) is 0 Å². The summed E-state index contributed by atoms with van der Waals surface area (Å²) in [6.07, 6.45) is -0.318. The van der Waals surface area contributed by atoms with Crippen LogP contribution in [-0.4, -0.2) is 35.7 Å². The van der Waals surface area contributed by atoms with Crippen molar-refractivity contribution < 1.29 is 13.9 Å². The number of halogens is 2. The number of nitrogens with one attached hydrogen (secondary N) is 1. The molecule has 0 aliphatic carbocycles. The minimum absolute atomic E-state index is 0.0487. The minimum atomic E-state index is -0.510. The first kappa shape index (κ1) is 19.9. The molecule has 0 aromatic heterocycles. The maximum atomic E-state index is 13.2. The maximum Gasteiger partial charge on any atom is 0.410 e. The number of rotatable bonds is 6. The van der Waals surface area contributed by atoms with E-state index in [2.05, 4.69) is 21.2 Å². The van der Waals surface area contributed by atoms with Gasteiger partial charge in [-0.3, -0.25) is 0 Å². The van der Waals surface area contributed by atoms with E-state index in [1.54, 1.807) is 11.0 Å². The van der Waals surface area contributed by atoms with Gasteiger partial charge in [-0.1, -0.05) is 15.9 Å². The van der Waals surface area contributed by atoms with Gasteiger partial charge < -0.3 is 15.0 Å². The summed E-state index contributed by atoms with van der Waals surface area (Å²) < 4.78 is 19.5. The lowest BCUT2D eigenvalue weighted by molar-refractivity contribution is 0.0193. The number of carbonyl (C=O) groups excluding carboxylic acids is 1. The molecule has 0 unspecified atom stereocenters. The van der Waals surface area contributed by atoms with Gasteiger partial charge in [0.25, 0.3) is 0 Å². The van der Waals surface area contributed by atoms with E-state index >= 15 is 0 Å². The highest BCUT2D eigenvalue weighted by atomic mass is 79.9. The summed E-state index contributed by atoms with van der Waals surface area (Å²) in [7, 11) is 0. The van der Waals surface area contributed by atoms with Crippen LogP contribution in [0.3, 0.4) is 0 Å². The maximum absolute atomic E-state index is 13.2. The number of hydrogen-bond acceptors (Lipinski definition) is 3. The van der Waals surface area contributed by atoms with Gasteiger partial charge in [0.2, 0.25) is 0 Å². The number of ether oxygens (including phenoxy) is 1. The van der Waals surface area contributed by atoms with Crippen LogP contribution >= 0.6 is 15.9 Å². The molecule has 0 aliphatic rings. The molecule has 0 fully saturated rings. The molecule has 1 aromatic carbocycles. The molecule has 130 valence electrons. The topological polar surface area (TPSA) is 41.6 Å². The van der Waals surface area contributed by atoms with Crippen molar-refractivity contribution >= 4 is 22.0 Å². The molecule has 1 rings (SSSR count). The first-order valence-corrected chi connectivity index (χ1v) is 8.53. The van der Waals surface area contributed by atoms with Crippen molar-refractivity contribution in [3.05, 3.63) is 34.1 Å². The summed E-state index contributed by atoms with van der Waals surface area (Å²) >= 11 is 3.40. The van der Waals surface area contributed by atoms with Crippen LogP contribution in [0.15, 0.2) is 22.7 Å². The van der Waals surface area contributed by atoms with Gasteiger partial charge in [-0.2, -0.15) is 0 Å². The van der Waals surface area contributed by atoms with Gasteiger partial charge >= 0.3 is 6.09 Å². The zero-order valence-electron chi connectivity index (χ0n) is 14.5. The molecule has 1 amide bonds. The molecule has 1 aromatic rings. The second kappa shape index (κ2) is 8.64. The van der Waals surface area contributed by atoms with Crippen molar-refractivity contribution in [2.45, 2.75) is 52.8 Å². The van der Waals surface area contributed by atoms with Crippen molar-refractivity contribution in [2.24, 2.45) is 0 Å². The van der Waals surface area contributed by atoms with E-state index in [-0.39, 0.29) is 18.0 Å². The van der Waals surface area contributed by atoms with Gasteiger partial charge in [0.15, 0.2) is 0 Å². The van der Waals surface area contributed by atoms with Crippen molar-refractivity contribution in [1.82, 2.24) is 10.2 Å². The van der Waals surface area contributed by atoms with Crippen LogP contribution in [0.4, 0.5) is 9.18 Å². The standard InChI is InChI=1S/C17H26BrFN2O2/c1-12(2)21(16(22)23-17(3,4)5)9-8-20-11-13-10-14(19)6-7-15(13)18/h6-7,10,12,20H,8-9,11H2,1-5H3. The van der Waals surface area contributed by atoms with E-state index < -0.39 is 5.60 Å². The normalized spacial score (nSPS) is 11.7. The largest absolute Gasteiger partial charge is 0.444 e. The number of amides is 1. The summed E-state index contributed by atoms with van der Waals surface area (Å²) in [5.74, 6) is -0.262. The first-order valence-electron chi connectivity index (χ1n) is 7.74. The lowest BCUT2D eigenvalue weighted by atomic mass is 10.2. The van der Waals surface area contributed by atoms with E-state index in [9.17, 15) is 9.18 Å². The zero-order chi connectivity index (χ0) is 17.6. The molecule has 4 nitrogen and oxygen atoms in total. The van der Waals surface area contributed by atoms with Crippen LogP contribution < -0.4 is 5.32 Å². The van der Waals surface area contributed by atoms with E-state index in [1.807, 2.05) is 34.6 Å². The Bertz CT molecular complexity index is 530. The average molecular weight is 389 g/mol. The SMILES string of the molecule is CC(C)N(CCNCc1cc(F)ccc1Br)C(=O)OC(C)(C)C. The van der Waals surface area contributed by atoms with Crippen molar-refractivity contribution in [2.75, 3.05) is 13.1 Å². The first-order chi connectivity index (χ1) is 10.6. The Kier molecular flexibility index (Phi) is 7.48. The monoisotopic (exact) mass is 388 g/mol. The van der Waals surface area contributed by atoms with Crippen LogP contribution in [0.25, 0.3) is 0 Å². The fraction of sp³-hybridized carbons (Fsp3) is 0.588. The molecule has 0 radical (unpaired) electrons. The number of carbonyl (C=O) groups is 1. The van der Waals surface area contributed by atoms with Crippen molar-refractivity contribution in [3.63, 3.8) is 0 Å². The average Bonchev–Trinajstić information content (AvgIpc) is 2.39. The van der Waals surface area contributed by atoms with Gasteiger partial charge in [-0.25, -0.2) is 9.18 Å².